The number of hydrogen-bond acceptors (Lipinski definition) is 5. The van der Waals surface area contributed by atoms with Gasteiger partial charge < -0.3 is 19.5 Å². The van der Waals surface area contributed by atoms with E-state index in [4.69, 9.17) is 32.7 Å². The Bertz CT molecular complexity index is 1330. The number of methoxy groups -OCH3 is 1. The maximum Gasteiger partial charge on any atom is 0.295 e. The molecule has 186 valence electrons. The van der Waals surface area contributed by atoms with Crippen LogP contribution < -0.4 is 9.47 Å². The summed E-state index contributed by atoms with van der Waals surface area (Å²) in [7, 11) is 1.56. The van der Waals surface area contributed by atoms with Crippen LogP contribution in [0.4, 0.5) is 0 Å². The summed E-state index contributed by atoms with van der Waals surface area (Å²) in [6, 6.07) is 18.1. The van der Waals surface area contributed by atoms with Gasteiger partial charge in [0.25, 0.3) is 11.7 Å². The summed E-state index contributed by atoms with van der Waals surface area (Å²) >= 11 is 12.2. The van der Waals surface area contributed by atoms with Gasteiger partial charge in [0.15, 0.2) is 0 Å². The second-order valence-electron chi connectivity index (χ2n) is 8.64. The van der Waals surface area contributed by atoms with Crippen LogP contribution in [-0.2, 0) is 16.1 Å². The third kappa shape index (κ3) is 5.20. The summed E-state index contributed by atoms with van der Waals surface area (Å²) in [4.78, 5) is 28.0. The molecule has 1 fully saturated rings. The normalized spacial score (nSPS) is 17.1. The van der Waals surface area contributed by atoms with Gasteiger partial charge in [0, 0.05) is 12.1 Å². The number of Topliss-reactive ketones (excluding diaryl/α,β-unsaturated/α-hetero) is 1. The summed E-state index contributed by atoms with van der Waals surface area (Å²) in [6.07, 6.45) is -0.01000. The minimum atomic E-state index is -0.834. The van der Waals surface area contributed by atoms with Crippen LogP contribution >= 0.6 is 23.2 Å². The number of rotatable bonds is 7. The van der Waals surface area contributed by atoms with Crippen LogP contribution in [0.5, 0.6) is 11.5 Å². The van der Waals surface area contributed by atoms with Crippen LogP contribution in [0.2, 0.25) is 10.0 Å². The smallest absolute Gasteiger partial charge is 0.295 e. The number of hydrogen-bond donors (Lipinski definition) is 1. The Morgan fingerprint density at radius 3 is 2.33 bits per heavy atom. The number of halogens is 2. The van der Waals surface area contributed by atoms with Crippen molar-refractivity contribution in [3.8, 4) is 11.5 Å². The van der Waals surface area contributed by atoms with Crippen molar-refractivity contribution in [1.29, 1.82) is 0 Å². The Balaban J connectivity index is 1.83. The van der Waals surface area contributed by atoms with Crippen molar-refractivity contribution in [1.82, 2.24) is 4.90 Å². The average Bonchev–Trinajstić information content (AvgIpc) is 3.10. The van der Waals surface area contributed by atoms with E-state index < -0.39 is 17.7 Å². The molecule has 1 atom stereocenters. The lowest BCUT2D eigenvalue weighted by molar-refractivity contribution is -0.140. The van der Waals surface area contributed by atoms with E-state index in [1.165, 1.54) is 17.0 Å². The lowest BCUT2D eigenvalue weighted by Gasteiger charge is -2.26. The van der Waals surface area contributed by atoms with Gasteiger partial charge in [0.05, 0.1) is 34.9 Å². The number of carbonyl (C=O) groups is 2. The molecule has 0 bridgehead atoms. The molecule has 1 N–H and O–H groups in total. The second kappa shape index (κ2) is 10.6. The third-order valence-electron chi connectivity index (χ3n) is 5.79. The van der Waals surface area contributed by atoms with E-state index in [0.29, 0.717) is 22.1 Å². The van der Waals surface area contributed by atoms with Crippen LogP contribution in [0, 0.1) is 0 Å². The predicted octanol–water partition coefficient (Wildman–Crippen LogP) is 6.41. The van der Waals surface area contributed by atoms with Gasteiger partial charge in [-0.1, -0.05) is 47.5 Å². The Morgan fingerprint density at radius 2 is 1.69 bits per heavy atom. The molecule has 1 unspecified atom stereocenters. The van der Waals surface area contributed by atoms with Gasteiger partial charge in [-0.15, -0.1) is 0 Å². The fraction of sp³-hybridized carbons (Fsp3) is 0.214. The number of aliphatic hydroxyl groups excluding tert-OH is 1. The largest absolute Gasteiger partial charge is 0.507 e. The molecule has 0 spiro atoms. The highest BCUT2D eigenvalue weighted by Gasteiger charge is 2.46. The van der Waals surface area contributed by atoms with Gasteiger partial charge in [-0.3, -0.25) is 9.59 Å². The molecule has 0 saturated carbocycles. The molecule has 1 aliphatic rings. The van der Waals surface area contributed by atoms with Gasteiger partial charge in [-0.2, -0.15) is 0 Å². The number of nitrogens with zero attached hydrogens (tertiary/aromatic N) is 1. The molecule has 4 rings (SSSR count). The van der Waals surface area contributed by atoms with E-state index in [1.54, 1.807) is 49.6 Å². The average molecular weight is 526 g/mol. The highest BCUT2D eigenvalue weighted by Crippen LogP contribution is 2.41. The molecule has 1 heterocycles. The molecule has 3 aromatic rings. The molecule has 0 aliphatic carbocycles. The molecule has 1 saturated heterocycles. The first kappa shape index (κ1) is 25.6. The third-order valence-corrected chi connectivity index (χ3v) is 6.53. The number of amides is 1. The summed E-state index contributed by atoms with van der Waals surface area (Å²) in [5.41, 5.74) is 1.68. The van der Waals surface area contributed by atoms with Crippen LogP contribution in [-0.4, -0.2) is 34.9 Å². The van der Waals surface area contributed by atoms with E-state index in [0.717, 1.165) is 5.56 Å². The standard InChI is InChI=1S/C28H25Cl2NO5/c1-16(2)36-20-10-7-18(8-11-20)25-24(26(32)19-9-12-22(29)23(30)14-19)27(33)28(34)31(25)15-17-5-4-6-21(13-17)35-3/h4-14,16,25,32H,15H2,1-3H3/b26-24-. The molecular weight excluding hydrogens is 501 g/mol. The van der Waals surface area contributed by atoms with Gasteiger partial charge in [0.1, 0.15) is 17.3 Å². The molecule has 8 heteroatoms. The Labute approximate surface area is 219 Å². The van der Waals surface area contributed by atoms with Crippen molar-refractivity contribution in [3.05, 3.63) is 99.0 Å². The molecule has 6 nitrogen and oxygen atoms in total. The minimum Gasteiger partial charge on any atom is -0.507 e. The van der Waals surface area contributed by atoms with Gasteiger partial charge in [0.2, 0.25) is 0 Å². The highest BCUT2D eigenvalue weighted by molar-refractivity contribution is 6.46. The van der Waals surface area contributed by atoms with E-state index in [2.05, 4.69) is 0 Å². The number of aliphatic hydroxyl groups is 1. The van der Waals surface area contributed by atoms with Crippen molar-refractivity contribution in [3.63, 3.8) is 0 Å². The summed E-state index contributed by atoms with van der Waals surface area (Å²) in [5.74, 6) is -0.539. The molecule has 0 radical (unpaired) electrons. The first-order valence-corrected chi connectivity index (χ1v) is 12.1. The molecule has 3 aromatic carbocycles. The van der Waals surface area contributed by atoms with Crippen LogP contribution in [0.15, 0.2) is 72.3 Å². The quantitative estimate of drug-likeness (QED) is 0.219. The Morgan fingerprint density at radius 1 is 0.972 bits per heavy atom. The van der Waals surface area contributed by atoms with Gasteiger partial charge in [-0.25, -0.2) is 0 Å². The zero-order valence-electron chi connectivity index (χ0n) is 20.0. The van der Waals surface area contributed by atoms with E-state index in [9.17, 15) is 14.7 Å². The summed E-state index contributed by atoms with van der Waals surface area (Å²) < 4.78 is 11.0. The van der Waals surface area contributed by atoms with Gasteiger partial charge >= 0.3 is 0 Å². The molecule has 0 aromatic heterocycles. The summed E-state index contributed by atoms with van der Waals surface area (Å²) in [5, 5.41) is 11.8. The zero-order valence-corrected chi connectivity index (χ0v) is 21.5. The number of benzene rings is 3. The number of carbonyl (C=O) groups excluding carboxylic acids is 2. The number of likely N-dealkylation sites (tertiary alicyclic amines) is 1. The van der Waals surface area contributed by atoms with Crippen molar-refractivity contribution in [2.45, 2.75) is 32.5 Å². The van der Waals surface area contributed by atoms with E-state index >= 15 is 0 Å². The highest BCUT2D eigenvalue weighted by atomic mass is 35.5. The zero-order chi connectivity index (χ0) is 26.0. The lowest BCUT2D eigenvalue weighted by atomic mass is 9.95. The monoisotopic (exact) mass is 525 g/mol. The van der Waals surface area contributed by atoms with Gasteiger partial charge in [-0.05, 0) is 67.4 Å². The van der Waals surface area contributed by atoms with Crippen molar-refractivity contribution < 1.29 is 24.2 Å². The molecular formula is C28H25Cl2NO5. The Hall–Kier alpha value is -3.48. The topological polar surface area (TPSA) is 76.1 Å². The van der Waals surface area contributed by atoms with Crippen LogP contribution in [0.25, 0.3) is 5.76 Å². The van der Waals surface area contributed by atoms with Crippen molar-refractivity contribution in [2.75, 3.05) is 7.11 Å². The number of ether oxygens (including phenoxy) is 2. The second-order valence-corrected chi connectivity index (χ2v) is 9.46. The van der Waals surface area contributed by atoms with Crippen molar-refractivity contribution in [2.24, 2.45) is 0 Å². The van der Waals surface area contributed by atoms with Crippen LogP contribution in [0.1, 0.15) is 36.6 Å². The predicted molar refractivity (Wildman–Crippen MR) is 140 cm³/mol. The first-order valence-electron chi connectivity index (χ1n) is 11.3. The number of ketones is 1. The molecule has 1 aliphatic heterocycles. The van der Waals surface area contributed by atoms with E-state index in [-0.39, 0.29) is 34.6 Å². The summed E-state index contributed by atoms with van der Waals surface area (Å²) in [6.45, 7) is 3.98. The Kier molecular flexibility index (Phi) is 7.57. The SMILES string of the molecule is COc1cccc(CN2C(=O)C(=O)/C(=C(\O)c3ccc(Cl)c(Cl)c3)C2c2ccc(OC(C)C)cc2)c1. The van der Waals surface area contributed by atoms with Crippen molar-refractivity contribution >= 4 is 40.7 Å². The lowest BCUT2D eigenvalue weighted by Crippen LogP contribution is -2.29. The molecule has 36 heavy (non-hydrogen) atoms. The minimum absolute atomic E-state index is 0.01000. The fourth-order valence-corrected chi connectivity index (χ4v) is 4.46. The van der Waals surface area contributed by atoms with Crippen LogP contribution in [0.3, 0.4) is 0 Å². The maximum absolute atomic E-state index is 13.3. The fourth-order valence-electron chi connectivity index (χ4n) is 4.16. The first-order chi connectivity index (χ1) is 17.2. The maximum atomic E-state index is 13.3. The van der Waals surface area contributed by atoms with E-state index in [1.807, 2.05) is 26.0 Å². The molecule has 1 amide bonds.